The Kier molecular flexibility index (Phi) is 6.05. The Morgan fingerprint density at radius 2 is 1.95 bits per heavy atom. The van der Waals surface area contributed by atoms with Crippen LogP contribution >= 0.6 is 0 Å². The predicted molar refractivity (Wildman–Crippen MR) is 78.4 cm³/mol. The molecule has 0 atom stereocenters. The van der Waals surface area contributed by atoms with E-state index in [9.17, 15) is 9.59 Å². The molecule has 0 spiro atoms. The number of carbonyl (C=O) groups is 2. The van der Waals surface area contributed by atoms with Crippen molar-refractivity contribution in [1.29, 1.82) is 0 Å². The summed E-state index contributed by atoms with van der Waals surface area (Å²) in [5.74, 6) is 0.613. The number of carbonyl (C=O) groups excluding carboxylic acids is 2. The summed E-state index contributed by atoms with van der Waals surface area (Å²) in [4.78, 5) is 25.3. The first kappa shape index (κ1) is 16.5. The zero-order valence-corrected chi connectivity index (χ0v) is 12.8. The van der Waals surface area contributed by atoms with E-state index in [1.165, 1.54) is 0 Å². The Morgan fingerprint density at radius 1 is 1.35 bits per heavy atom. The van der Waals surface area contributed by atoms with Crippen LogP contribution in [0.2, 0.25) is 0 Å². The Bertz CT molecular complexity index is 353. The average molecular weight is 282 g/mol. The Labute approximate surface area is 121 Å². The molecule has 2 amide bonds. The summed E-state index contributed by atoms with van der Waals surface area (Å²) in [7, 11) is 0. The van der Waals surface area contributed by atoms with Crippen LogP contribution in [0.3, 0.4) is 0 Å². The largest absolute Gasteiger partial charge is 0.444 e. The van der Waals surface area contributed by atoms with Gasteiger partial charge < -0.3 is 15.0 Å². The minimum absolute atomic E-state index is 0.0866. The van der Waals surface area contributed by atoms with Crippen LogP contribution in [-0.4, -0.2) is 42.1 Å². The summed E-state index contributed by atoms with van der Waals surface area (Å²) < 4.78 is 5.11. The Hall–Kier alpha value is -1.52. The molecule has 1 N–H and O–H groups in total. The molecule has 5 heteroatoms. The fraction of sp³-hybridized carbons (Fsp3) is 0.733. The molecule has 0 saturated carbocycles. The van der Waals surface area contributed by atoms with Crippen molar-refractivity contribution < 1.29 is 14.3 Å². The second-order valence-electron chi connectivity index (χ2n) is 6.13. The molecule has 0 aromatic carbocycles. The topological polar surface area (TPSA) is 58.6 Å². The number of amides is 2. The summed E-state index contributed by atoms with van der Waals surface area (Å²) in [6.45, 7) is 11.1. The van der Waals surface area contributed by atoms with E-state index in [2.05, 4.69) is 11.9 Å². The van der Waals surface area contributed by atoms with Gasteiger partial charge >= 0.3 is 6.09 Å². The minimum atomic E-state index is -0.513. The molecule has 0 aliphatic carbocycles. The van der Waals surface area contributed by atoms with Crippen LogP contribution in [0.25, 0.3) is 0 Å². The van der Waals surface area contributed by atoms with E-state index in [0.717, 1.165) is 25.9 Å². The normalized spacial score (nSPS) is 16.6. The van der Waals surface area contributed by atoms with Gasteiger partial charge in [-0.1, -0.05) is 6.08 Å². The predicted octanol–water partition coefficient (Wildman–Crippen LogP) is 2.33. The molecule has 1 aliphatic heterocycles. The maximum absolute atomic E-state index is 12.0. The summed E-state index contributed by atoms with van der Waals surface area (Å²) in [6, 6.07) is 0. The van der Waals surface area contributed by atoms with Crippen LogP contribution in [0.5, 0.6) is 0 Å². The van der Waals surface area contributed by atoms with Crippen molar-refractivity contribution in [3.05, 3.63) is 12.7 Å². The van der Waals surface area contributed by atoms with Crippen molar-refractivity contribution in [1.82, 2.24) is 10.2 Å². The first-order valence-electron chi connectivity index (χ1n) is 7.19. The lowest BCUT2D eigenvalue weighted by molar-refractivity contribution is -0.132. The van der Waals surface area contributed by atoms with E-state index in [-0.39, 0.29) is 5.91 Å². The van der Waals surface area contributed by atoms with Gasteiger partial charge in [0.25, 0.3) is 0 Å². The van der Waals surface area contributed by atoms with Crippen molar-refractivity contribution >= 4 is 12.0 Å². The lowest BCUT2D eigenvalue weighted by Gasteiger charge is -2.30. The molecule has 1 heterocycles. The summed E-state index contributed by atoms with van der Waals surface area (Å²) in [6.07, 6.45) is 3.77. The van der Waals surface area contributed by atoms with Gasteiger partial charge in [-0.15, -0.1) is 6.58 Å². The molecule has 20 heavy (non-hydrogen) atoms. The van der Waals surface area contributed by atoms with E-state index < -0.39 is 11.7 Å². The number of nitrogens with one attached hydrogen (secondary N) is 1. The summed E-state index contributed by atoms with van der Waals surface area (Å²) >= 11 is 0. The Morgan fingerprint density at radius 3 is 2.45 bits per heavy atom. The number of ether oxygens (including phenoxy) is 1. The van der Waals surface area contributed by atoms with Crippen molar-refractivity contribution in [2.75, 3.05) is 19.6 Å². The van der Waals surface area contributed by atoms with Crippen molar-refractivity contribution in [3.8, 4) is 0 Å². The number of rotatable bonds is 4. The number of nitrogens with zero attached hydrogens (tertiary/aromatic N) is 1. The number of piperidine rings is 1. The first-order chi connectivity index (χ1) is 9.31. The number of likely N-dealkylation sites (tertiary alicyclic amines) is 1. The molecule has 1 rings (SSSR count). The van der Waals surface area contributed by atoms with E-state index in [4.69, 9.17) is 4.74 Å². The second kappa shape index (κ2) is 7.31. The fourth-order valence-corrected chi connectivity index (χ4v) is 2.13. The van der Waals surface area contributed by atoms with Crippen LogP contribution in [0.1, 0.15) is 40.0 Å². The van der Waals surface area contributed by atoms with Crippen molar-refractivity contribution in [2.24, 2.45) is 5.92 Å². The van der Waals surface area contributed by atoms with E-state index in [0.29, 0.717) is 18.9 Å². The molecule has 114 valence electrons. The van der Waals surface area contributed by atoms with Crippen LogP contribution in [0.15, 0.2) is 12.7 Å². The highest BCUT2D eigenvalue weighted by Gasteiger charge is 2.21. The smallest absolute Gasteiger partial charge is 0.407 e. The van der Waals surface area contributed by atoms with Gasteiger partial charge in [0.2, 0.25) is 5.91 Å². The highest BCUT2D eigenvalue weighted by Crippen LogP contribution is 2.18. The Balaban J connectivity index is 2.20. The monoisotopic (exact) mass is 282 g/mol. The van der Waals surface area contributed by atoms with Gasteiger partial charge in [-0.05, 0) is 39.5 Å². The number of allylic oxidation sites excluding steroid dienone is 1. The van der Waals surface area contributed by atoms with Gasteiger partial charge in [-0.2, -0.15) is 0 Å². The van der Waals surface area contributed by atoms with E-state index >= 15 is 0 Å². The number of hydrogen-bond donors (Lipinski definition) is 1. The standard InChI is InChI=1S/C15H26N2O3/c1-5-12-7-10-17(11-8-12)13(18)6-9-16-14(19)20-15(2,3)4/h5,12H,1,6-11H2,2-4H3,(H,16,19). The van der Waals surface area contributed by atoms with E-state index in [1.54, 1.807) is 0 Å². The molecule has 5 nitrogen and oxygen atoms in total. The summed E-state index contributed by atoms with van der Waals surface area (Å²) in [5, 5.41) is 2.60. The van der Waals surface area contributed by atoms with Crippen molar-refractivity contribution in [3.63, 3.8) is 0 Å². The van der Waals surface area contributed by atoms with E-state index in [1.807, 2.05) is 31.7 Å². The maximum Gasteiger partial charge on any atom is 0.407 e. The fourth-order valence-electron chi connectivity index (χ4n) is 2.13. The zero-order chi connectivity index (χ0) is 15.2. The number of alkyl carbamates (subject to hydrolysis) is 1. The average Bonchev–Trinajstić information content (AvgIpc) is 2.36. The third-order valence-electron chi connectivity index (χ3n) is 3.23. The van der Waals surface area contributed by atoms with Crippen LogP contribution < -0.4 is 5.32 Å². The highest BCUT2D eigenvalue weighted by molar-refractivity contribution is 5.77. The van der Waals surface area contributed by atoms with Gasteiger partial charge in [0.05, 0.1) is 0 Å². The van der Waals surface area contributed by atoms with Crippen molar-refractivity contribution in [2.45, 2.75) is 45.6 Å². The minimum Gasteiger partial charge on any atom is -0.444 e. The van der Waals surface area contributed by atoms with Gasteiger partial charge in [0.1, 0.15) is 5.60 Å². The highest BCUT2D eigenvalue weighted by atomic mass is 16.6. The molecule has 0 aromatic heterocycles. The molecular formula is C15H26N2O3. The maximum atomic E-state index is 12.0. The third-order valence-corrected chi connectivity index (χ3v) is 3.23. The zero-order valence-electron chi connectivity index (χ0n) is 12.8. The summed E-state index contributed by atoms with van der Waals surface area (Å²) in [5.41, 5.74) is -0.513. The van der Waals surface area contributed by atoms with Crippen LogP contribution in [0, 0.1) is 5.92 Å². The molecule has 0 aromatic rings. The first-order valence-corrected chi connectivity index (χ1v) is 7.19. The molecule has 0 bridgehead atoms. The molecular weight excluding hydrogens is 256 g/mol. The number of hydrogen-bond acceptors (Lipinski definition) is 3. The second-order valence-corrected chi connectivity index (χ2v) is 6.13. The van der Waals surface area contributed by atoms with Crippen LogP contribution in [0.4, 0.5) is 4.79 Å². The quantitative estimate of drug-likeness (QED) is 0.805. The molecule has 1 saturated heterocycles. The molecule has 1 aliphatic rings. The molecule has 0 radical (unpaired) electrons. The van der Waals surface area contributed by atoms with Gasteiger partial charge in [-0.25, -0.2) is 4.79 Å². The molecule has 0 unspecified atom stereocenters. The van der Waals surface area contributed by atoms with Crippen LogP contribution in [-0.2, 0) is 9.53 Å². The lowest BCUT2D eigenvalue weighted by atomic mass is 9.97. The SMILES string of the molecule is C=CC1CCN(C(=O)CCNC(=O)OC(C)(C)C)CC1. The van der Waals surface area contributed by atoms with Gasteiger partial charge in [-0.3, -0.25) is 4.79 Å². The van der Waals surface area contributed by atoms with Gasteiger partial charge in [0.15, 0.2) is 0 Å². The third kappa shape index (κ3) is 6.08. The lowest BCUT2D eigenvalue weighted by Crippen LogP contribution is -2.40. The molecule has 1 fully saturated rings. The van der Waals surface area contributed by atoms with Gasteiger partial charge in [0, 0.05) is 26.1 Å².